The van der Waals surface area contributed by atoms with Crippen LogP contribution in [0.3, 0.4) is 0 Å². The van der Waals surface area contributed by atoms with Crippen LogP contribution >= 0.6 is 0 Å². The Kier molecular flexibility index (Phi) is 20.0. The number of hydrogen-bond donors (Lipinski definition) is 0. The Labute approximate surface area is 164 Å². The number of carbonyl (C=O) groups is 2. The third-order valence-corrected chi connectivity index (χ3v) is 4.07. The van der Waals surface area contributed by atoms with Gasteiger partial charge in [0, 0.05) is 32.4 Å². The van der Waals surface area contributed by atoms with Crippen molar-refractivity contribution in [1.82, 2.24) is 4.90 Å². The van der Waals surface area contributed by atoms with Gasteiger partial charge in [0.25, 0.3) is 0 Å². The van der Waals surface area contributed by atoms with Crippen LogP contribution in [0.1, 0.15) is 90.4 Å². The second-order valence-electron chi connectivity index (χ2n) is 6.22. The molecule has 130 valence electrons. The van der Waals surface area contributed by atoms with Crippen molar-refractivity contribution in [2.24, 2.45) is 0 Å². The van der Waals surface area contributed by atoms with Gasteiger partial charge in [-0.3, -0.25) is 4.79 Å². The standard InChI is InChI=1S/C18H35NO3.Na/c1-3-4-5-6-7-8-9-10-11-12-13-14-17(20)19(2)16-15-18(21)22;/h3-16H2,1-2H3,(H,21,22);/q;+1/p-1. The second kappa shape index (κ2) is 18.3. The van der Waals surface area contributed by atoms with Gasteiger partial charge in [0.15, 0.2) is 0 Å². The summed E-state index contributed by atoms with van der Waals surface area (Å²) in [5, 5.41) is 10.3. The number of carboxylic acids is 1. The molecule has 0 aromatic heterocycles. The summed E-state index contributed by atoms with van der Waals surface area (Å²) < 4.78 is 0. The van der Waals surface area contributed by atoms with Crippen LogP contribution in [0, 0.1) is 0 Å². The van der Waals surface area contributed by atoms with E-state index >= 15 is 0 Å². The molecule has 0 N–H and O–H groups in total. The van der Waals surface area contributed by atoms with Crippen molar-refractivity contribution < 1.29 is 44.3 Å². The maximum atomic E-state index is 11.7. The smallest absolute Gasteiger partial charge is 0.550 e. The molecule has 0 aromatic rings. The van der Waals surface area contributed by atoms with Gasteiger partial charge in [-0.15, -0.1) is 0 Å². The Balaban J connectivity index is 0. The van der Waals surface area contributed by atoms with Crippen molar-refractivity contribution in [2.45, 2.75) is 90.4 Å². The molecule has 1 amide bonds. The molecule has 0 unspecified atom stereocenters. The van der Waals surface area contributed by atoms with Gasteiger partial charge in [-0.05, 0) is 6.42 Å². The van der Waals surface area contributed by atoms with Gasteiger partial charge in [0.1, 0.15) is 0 Å². The van der Waals surface area contributed by atoms with Crippen molar-refractivity contribution >= 4 is 11.9 Å². The maximum absolute atomic E-state index is 11.7. The molecule has 0 aliphatic rings. The molecule has 0 heterocycles. The number of carbonyl (C=O) groups excluding carboxylic acids is 2. The predicted molar refractivity (Wildman–Crippen MR) is 88.3 cm³/mol. The Morgan fingerprint density at radius 1 is 0.783 bits per heavy atom. The van der Waals surface area contributed by atoms with Gasteiger partial charge in [0.2, 0.25) is 5.91 Å². The Hall–Kier alpha value is -0.0600. The number of carboxylic acid groups (broad SMARTS) is 1. The van der Waals surface area contributed by atoms with E-state index in [1.54, 1.807) is 7.05 Å². The fourth-order valence-corrected chi connectivity index (χ4v) is 2.51. The first kappa shape index (κ1) is 25.2. The zero-order valence-corrected chi connectivity index (χ0v) is 17.6. The van der Waals surface area contributed by atoms with Crippen LogP contribution in [-0.4, -0.2) is 30.4 Å². The van der Waals surface area contributed by atoms with Gasteiger partial charge >= 0.3 is 29.6 Å². The van der Waals surface area contributed by atoms with E-state index in [0.29, 0.717) is 6.42 Å². The van der Waals surface area contributed by atoms with E-state index in [0.717, 1.165) is 12.8 Å². The molecule has 0 saturated carbocycles. The number of aliphatic carboxylic acids is 1. The van der Waals surface area contributed by atoms with Gasteiger partial charge in [0.05, 0.1) is 0 Å². The van der Waals surface area contributed by atoms with Crippen LogP contribution in [0.25, 0.3) is 0 Å². The van der Waals surface area contributed by atoms with E-state index in [4.69, 9.17) is 0 Å². The molecule has 0 atom stereocenters. The fraction of sp³-hybridized carbons (Fsp3) is 0.889. The summed E-state index contributed by atoms with van der Waals surface area (Å²) in [6, 6.07) is 0. The van der Waals surface area contributed by atoms with Crippen LogP contribution in [0.15, 0.2) is 0 Å². The molecule has 0 spiro atoms. The summed E-state index contributed by atoms with van der Waals surface area (Å²) in [6.07, 6.45) is 14.4. The van der Waals surface area contributed by atoms with Gasteiger partial charge in [-0.25, -0.2) is 0 Å². The molecule has 0 rings (SSSR count). The van der Waals surface area contributed by atoms with E-state index in [9.17, 15) is 14.7 Å². The van der Waals surface area contributed by atoms with Crippen LogP contribution in [0.5, 0.6) is 0 Å². The van der Waals surface area contributed by atoms with E-state index in [2.05, 4.69) is 6.92 Å². The SMILES string of the molecule is CCCCCCCCCCCCCC(=O)N(C)CCC(=O)[O-].[Na+]. The monoisotopic (exact) mass is 335 g/mol. The number of hydrogen-bond acceptors (Lipinski definition) is 3. The van der Waals surface area contributed by atoms with E-state index in [1.807, 2.05) is 0 Å². The summed E-state index contributed by atoms with van der Waals surface area (Å²) in [4.78, 5) is 23.6. The minimum absolute atomic E-state index is 0. The first-order valence-corrected chi connectivity index (χ1v) is 9.01. The minimum atomic E-state index is -1.10. The number of rotatable bonds is 15. The van der Waals surface area contributed by atoms with Crippen LogP contribution in [0.2, 0.25) is 0 Å². The van der Waals surface area contributed by atoms with Gasteiger partial charge in [-0.2, -0.15) is 0 Å². The van der Waals surface area contributed by atoms with E-state index in [-0.39, 0.29) is 48.4 Å². The Morgan fingerprint density at radius 3 is 1.65 bits per heavy atom. The van der Waals surface area contributed by atoms with Crippen LogP contribution < -0.4 is 34.7 Å². The zero-order valence-electron chi connectivity index (χ0n) is 15.6. The molecule has 0 aliphatic carbocycles. The van der Waals surface area contributed by atoms with Crippen molar-refractivity contribution in [1.29, 1.82) is 0 Å². The third kappa shape index (κ3) is 18.1. The molecular formula is C18H34NNaO3. The zero-order chi connectivity index (χ0) is 16.6. The average molecular weight is 335 g/mol. The first-order chi connectivity index (χ1) is 10.6. The minimum Gasteiger partial charge on any atom is -0.550 e. The van der Waals surface area contributed by atoms with Crippen molar-refractivity contribution in [2.75, 3.05) is 13.6 Å². The van der Waals surface area contributed by atoms with Gasteiger partial charge in [-0.1, -0.05) is 71.1 Å². The fourth-order valence-electron chi connectivity index (χ4n) is 2.51. The number of unbranched alkanes of at least 4 members (excludes halogenated alkanes) is 10. The van der Waals surface area contributed by atoms with Crippen molar-refractivity contribution in [3.8, 4) is 0 Å². The summed E-state index contributed by atoms with van der Waals surface area (Å²) in [5.41, 5.74) is 0. The molecule has 5 heteroatoms. The first-order valence-electron chi connectivity index (χ1n) is 9.01. The van der Waals surface area contributed by atoms with E-state index in [1.165, 1.54) is 62.7 Å². The quantitative estimate of drug-likeness (QED) is 0.319. The van der Waals surface area contributed by atoms with Crippen molar-refractivity contribution in [3.63, 3.8) is 0 Å². The third-order valence-electron chi connectivity index (χ3n) is 4.07. The van der Waals surface area contributed by atoms with Crippen LogP contribution in [-0.2, 0) is 9.59 Å². The normalized spacial score (nSPS) is 10.2. The Bertz CT molecular complexity index is 298. The summed E-state index contributed by atoms with van der Waals surface area (Å²) in [6.45, 7) is 2.49. The molecule has 0 bridgehead atoms. The van der Waals surface area contributed by atoms with Crippen molar-refractivity contribution in [3.05, 3.63) is 0 Å². The maximum Gasteiger partial charge on any atom is 1.00 e. The second-order valence-corrected chi connectivity index (χ2v) is 6.22. The summed E-state index contributed by atoms with van der Waals surface area (Å²) >= 11 is 0. The number of amides is 1. The topological polar surface area (TPSA) is 60.4 Å². The molecular weight excluding hydrogens is 301 g/mol. The molecule has 0 fully saturated rings. The largest absolute Gasteiger partial charge is 1.00 e. The molecule has 4 nitrogen and oxygen atoms in total. The predicted octanol–water partition coefficient (Wildman–Crippen LogP) is 0.290. The molecule has 0 aromatic carbocycles. The average Bonchev–Trinajstić information content (AvgIpc) is 2.49. The number of nitrogens with zero attached hydrogens (tertiary/aromatic N) is 1. The van der Waals surface area contributed by atoms with Crippen LogP contribution in [0.4, 0.5) is 0 Å². The summed E-state index contributed by atoms with van der Waals surface area (Å²) in [7, 11) is 1.66. The molecule has 0 saturated heterocycles. The van der Waals surface area contributed by atoms with Gasteiger partial charge < -0.3 is 14.8 Å². The molecule has 23 heavy (non-hydrogen) atoms. The molecule has 0 radical (unpaired) electrons. The molecule has 0 aliphatic heterocycles. The Morgan fingerprint density at radius 2 is 1.22 bits per heavy atom. The van der Waals surface area contributed by atoms with E-state index < -0.39 is 5.97 Å². The summed E-state index contributed by atoms with van der Waals surface area (Å²) in [5.74, 6) is -1.06.